The summed E-state index contributed by atoms with van der Waals surface area (Å²) in [6.45, 7) is 2.40. The minimum absolute atomic E-state index is 0.0854. The van der Waals surface area contributed by atoms with Crippen molar-refractivity contribution >= 4 is 17.7 Å². The first-order valence-electron chi connectivity index (χ1n) is 8.53. The molecule has 0 aliphatic carbocycles. The Bertz CT molecular complexity index is 770. The van der Waals surface area contributed by atoms with Crippen molar-refractivity contribution in [2.45, 2.75) is 13.3 Å². The summed E-state index contributed by atoms with van der Waals surface area (Å²) < 4.78 is 10.7. The van der Waals surface area contributed by atoms with E-state index in [0.717, 1.165) is 17.7 Å². The number of rotatable bonds is 8. The lowest BCUT2D eigenvalue weighted by Gasteiger charge is -2.13. The Hall–Kier alpha value is -2.95. The Balaban J connectivity index is 2.08. The molecular weight excluding hydrogens is 328 g/mol. The van der Waals surface area contributed by atoms with Gasteiger partial charge in [0.15, 0.2) is 11.5 Å². The standard InChI is InChI=1S/C21H26N2O3/c1-15(21(24)23-11-10-16-8-6-5-7-9-16)12-17-13-19(25-3)20(26-4)14-18(17)22-2/h5-9,12-14,22H,10-11H2,1-4H3,(H,23,24). The number of amides is 1. The van der Waals surface area contributed by atoms with E-state index >= 15 is 0 Å². The van der Waals surface area contributed by atoms with Crippen LogP contribution in [-0.4, -0.2) is 33.7 Å². The third-order valence-electron chi connectivity index (χ3n) is 4.10. The van der Waals surface area contributed by atoms with Crippen molar-refractivity contribution in [2.24, 2.45) is 0 Å². The largest absolute Gasteiger partial charge is 0.493 e. The predicted octanol–water partition coefficient (Wildman–Crippen LogP) is 3.51. The van der Waals surface area contributed by atoms with E-state index < -0.39 is 0 Å². The maximum atomic E-state index is 12.4. The maximum Gasteiger partial charge on any atom is 0.246 e. The first-order valence-corrected chi connectivity index (χ1v) is 8.53. The summed E-state index contributed by atoms with van der Waals surface area (Å²) in [5.41, 5.74) is 3.55. The van der Waals surface area contributed by atoms with Crippen LogP contribution in [-0.2, 0) is 11.2 Å². The predicted molar refractivity (Wildman–Crippen MR) is 106 cm³/mol. The van der Waals surface area contributed by atoms with Gasteiger partial charge in [-0.05, 0) is 31.1 Å². The molecule has 0 aliphatic rings. The number of nitrogens with one attached hydrogen (secondary N) is 2. The number of hydrogen-bond donors (Lipinski definition) is 2. The number of hydrogen-bond acceptors (Lipinski definition) is 4. The number of benzene rings is 2. The van der Waals surface area contributed by atoms with Gasteiger partial charge in [-0.3, -0.25) is 4.79 Å². The Morgan fingerprint density at radius 3 is 2.35 bits per heavy atom. The SMILES string of the molecule is CNc1cc(OC)c(OC)cc1C=C(C)C(=O)NCCc1ccccc1. The summed E-state index contributed by atoms with van der Waals surface area (Å²) in [4.78, 5) is 12.4. The molecule has 0 saturated heterocycles. The van der Waals surface area contributed by atoms with Crippen LogP contribution >= 0.6 is 0 Å². The smallest absolute Gasteiger partial charge is 0.246 e. The highest BCUT2D eigenvalue weighted by Crippen LogP contribution is 2.34. The zero-order valence-electron chi connectivity index (χ0n) is 15.8. The molecule has 0 heterocycles. The van der Waals surface area contributed by atoms with Gasteiger partial charge in [-0.15, -0.1) is 0 Å². The molecule has 5 nitrogen and oxygen atoms in total. The van der Waals surface area contributed by atoms with Gasteiger partial charge in [-0.2, -0.15) is 0 Å². The number of carbonyl (C=O) groups excluding carboxylic acids is 1. The summed E-state index contributed by atoms with van der Waals surface area (Å²) in [5, 5.41) is 6.07. The average Bonchev–Trinajstić information content (AvgIpc) is 2.68. The Labute approximate surface area is 155 Å². The van der Waals surface area contributed by atoms with E-state index in [0.29, 0.717) is 23.6 Å². The fourth-order valence-corrected chi connectivity index (χ4v) is 2.63. The van der Waals surface area contributed by atoms with E-state index in [2.05, 4.69) is 22.8 Å². The van der Waals surface area contributed by atoms with Gasteiger partial charge in [0.05, 0.1) is 14.2 Å². The lowest BCUT2D eigenvalue weighted by atomic mass is 10.1. The highest BCUT2D eigenvalue weighted by atomic mass is 16.5. The van der Waals surface area contributed by atoms with Crippen LogP contribution in [0.4, 0.5) is 5.69 Å². The van der Waals surface area contributed by atoms with E-state index in [9.17, 15) is 4.79 Å². The second-order valence-electron chi connectivity index (χ2n) is 5.86. The molecule has 0 aromatic heterocycles. The molecule has 2 aromatic rings. The minimum atomic E-state index is -0.0854. The van der Waals surface area contributed by atoms with Gasteiger partial charge in [-0.25, -0.2) is 0 Å². The zero-order chi connectivity index (χ0) is 18.9. The number of ether oxygens (including phenoxy) is 2. The summed E-state index contributed by atoms with van der Waals surface area (Å²) in [6, 6.07) is 13.8. The van der Waals surface area contributed by atoms with E-state index in [1.54, 1.807) is 21.1 Å². The Morgan fingerprint density at radius 1 is 1.08 bits per heavy atom. The topological polar surface area (TPSA) is 59.6 Å². The lowest BCUT2D eigenvalue weighted by Crippen LogP contribution is -2.26. The minimum Gasteiger partial charge on any atom is -0.493 e. The van der Waals surface area contributed by atoms with E-state index in [1.165, 1.54) is 5.56 Å². The second-order valence-corrected chi connectivity index (χ2v) is 5.86. The molecule has 2 N–H and O–H groups in total. The van der Waals surface area contributed by atoms with Gasteiger partial charge in [0.1, 0.15) is 0 Å². The highest BCUT2D eigenvalue weighted by molar-refractivity contribution is 5.98. The van der Waals surface area contributed by atoms with Crippen molar-refractivity contribution in [1.82, 2.24) is 5.32 Å². The zero-order valence-corrected chi connectivity index (χ0v) is 15.8. The fraction of sp³-hybridized carbons (Fsp3) is 0.286. The normalized spacial score (nSPS) is 11.0. The molecule has 0 radical (unpaired) electrons. The van der Waals surface area contributed by atoms with Crippen molar-refractivity contribution in [3.63, 3.8) is 0 Å². The molecule has 2 rings (SSSR count). The van der Waals surface area contributed by atoms with Crippen LogP contribution in [0.5, 0.6) is 11.5 Å². The first kappa shape index (κ1) is 19.4. The summed E-state index contributed by atoms with van der Waals surface area (Å²) >= 11 is 0. The van der Waals surface area contributed by atoms with Crippen molar-refractivity contribution in [1.29, 1.82) is 0 Å². The molecule has 138 valence electrons. The molecule has 26 heavy (non-hydrogen) atoms. The fourth-order valence-electron chi connectivity index (χ4n) is 2.63. The molecule has 0 saturated carbocycles. The van der Waals surface area contributed by atoms with Gasteiger partial charge in [0.2, 0.25) is 5.91 Å². The lowest BCUT2D eigenvalue weighted by molar-refractivity contribution is -0.117. The maximum absolute atomic E-state index is 12.4. The van der Waals surface area contributed by atoms with Gasteiger partial charge in [0, 0.05) is 36.5 Å². The van der Waals surface area contributed by atoms with E-state index in [-0.39, 0.29) is 5.91 Å². The van der Waals surface area contributed by atoms with Crippen LogP contribution in [0.15, 0.2) is 48.0 Å². The van der Waals surface area contributed by atoms with Crippen molar-refractivity contribution < 1.29 is 14.3 Å². The number of anilines is 1. The number of carbonyl (C=O) groups is 1. The molecule has 0 spiro atoms. The second kappa shape index (κ2) is 9.51. The first-order chi connectivity index (χ1) is 12.6. The molecule has 5 heteroatoms. The quantitative estimate of drug-likeness (QED) is 0.712. The summed E-state index contributed by atoms with van der Waals surface area (Å²) in [5.74, 6) is 1.17. The van der Waals surface area contributed by atoms with Crippen LogP contribution in [0.1, 0.15) is 18.1 Å². The van der Waals surface area contributed by atoms with Crippen molar-refractivity contribution in [2.75, 3.05) is 33.1 Å². The van der Waals surface area contributed by atoms with Crippen molar-refractivity contribution in [3.8, 4) is 11.5 Å². The van der Waals surface area contributed by atoms with Gasteiger partial charge in [-0.1, -0.05) is 30.3 Å². The van der Waals surface area contributed by atoms with Crippen LogP contribution in [0.25, 0.3) is 6.08 Å². The van der Waals surface area contributed by atoms with Crippen molar-refractivity contribution in [3.05, 3.63) is 59.2 Å². The van der Waals surface area contributed by atoms with E-state index in [4.69, 9.17) is 9.47 Å². The third-order valence-corrected chi connectivity index (χ3v) is 4.10. The highest BCUT2D eigenvalue weighted by Gasteiger charge is 2.11. The van der Waals surface area contributed by atoms with Gasteiger partial charge in [0.25, 0.3) is 0 Å². The molecule has 2 aromatic carbocycles. The monoisotopic (exact) mass is 354 g/mol. The average molecular weight is 354 g/mol. The Morgan fingerprint density at radius 2 is 1.73 bits per heavy atom. The van der Waals surface area contributed by atoms with E-state index in [1.807, 2.05) is 43.5 Å². The summed E-state index contributed by atoms with van der Waals surface area (Å²) in [7, 11) is 5.01. The summed E-state index contributed by atoms with van der Waals surface area (Å²) in [6.07, 6.45) is 2.64. The molecule has 0 aliphatic heterocycles. The Kier molecular flexibility index (Phi) is 7.09. The molecule has 0 fully saturated rings. The van der Waals surface area contributed by atoms with Crippen LogP contribution in [0, 0.1) is 0 Å². The molecule has 0 bridgehead atoms. The van der Waals surface area contributed by atoms with Gasteiger partial charge < -0.3 is 20.1 Å². The third kappa shape index (κ3) is 5.02. The van der Waals surface area contributed by atoms with Crippen LogP contribution < -0.4 is 20.1 Å². The van der Waals surface area contributed by atoms with Crippen LogP contribution in [0.3, 0.4) is 0 Å². The van der Waals surface area contributed by atoms with Gasteiger partial charge >= 0.3 is 0 Å². The molecular formula is C21H26N2O3. The molecule has 1 amide bonds. The molecule has 0 unspecified atom stereocenters. The van der Waals surface area contributed by atoms with Crippen LogP contribution in [0.2, 0.25) is 0 Å². The number of methoxy groups -OCH3 is 2. The molecule has 0 atom stereocenters.